The third kappa shape index (κ3) is 11.0. The molecule has 64 valence electrons. The quantitative estimate of drug-likeness (QED) is 0.600. The topological polar surface area (TPSA) is 118 Å². The number of hydrogen-bond acceptors (Lipinski definition) is 5. The zero-order chi connectivity index (χ0) is 7.71. The minimum absolute atomic E-state index is 0. The SMILES string of the molecule is F.[O]=[Cr](=[O])([OH])[O][Cr](=[O])(=[O])[OH]. The molecule has 2 N–H and O–H groups in total. The Balaban J connectivity index is 0. The average molecular weight is 238 g/mol. The zero-order valence-electron chi connectivity index (χ0n) is 4.16. The van der Waals surface area contributed by atoms with Crippen molar-refractivity contribution in [3.8, 4) is 0 Å². The molecule has 0 aromatic heterocycles. The van der Waals surface area contributed by atoms with Crippen LogP contribution >= 0.6 is 0 Å². The second-order valence-electron chi connectivity index (χ2n) is 0.924. The van der Waals surface area contributed by atoms with Crippen molar-refractivity contribution in [3.63, 3.8) is 0 Å². The first-order valence-corrected chi connectivity index (χ1v) is 5.63. The normalized spacial score (nSPS) is 12.2. The van der Waals surface area contributed by atoms with Gasteiger partial charge in [0.25, 0.3) is 0 Å². The van der Waals surface area contributed by atoms with Crippen LogP contribution in [0.5, 0.6) is 0 Å². The van der Waals surface area contributed by atoms with E-state index in [9.17, 15) is 15.2 Å². The van der Waals surface area contributed by atoms with Gasteiger partial charge in [0, 0.05) is 0 Å². The summed E-state index contributed by atoms with van der Waals surface area (Å²) in [5.74, 6) is 0. The van der Waals surface area contributed by atoms with Gasteiger partial charge in [-0.05, 0) is 0 Å². The number of rotatable bonds is 2. The fourth-order valence-electron chi connectivity index (χ4n) is 0.109. The molecule has 0 aromatic carbocycles. The molecule has 0 radical (unpaired) electrons. The Labute approximate surface area is 58.8 Å². The van der Waals surface area contributed by atoms with Crippen LogP contribution in [0.1, 0.15) is 0 Å². The summed E-state index contributed by atoms with van der Waals surface area (Å²) in [6, 6.07) is 0. The van der Waals surface area contributed by atoms with Gasteiger partial charge in [-0.1, -0.05) is 0 Å². The summed E-state index contributed by atoms with van der Waals surface area (Å²) in [5.41, 5.74) is 0. The third-order valence-electron chi connectivity index (χ3n) is 0.172. The molecular weight excluding hydrogens is 235 g/mol. The standard InChI is InChI=1S/2Cr.FH.2H2O.5O/h;;1H;2*1H2;;;;;/q2*+1;;;;;;;;/p-2. The Morgan fingerprint density at radius 3 is 1.10 bits per heavy atom. The Kier molecular flexibility index (Phi) is 4.40. The Hall–Kier alpha value is 0.0749. The van der Waals surface area contributed by atoms with Gasteiger partial charge >= 0.3 is 53.6 Å². The van der Waals surface area contributed by atoms with Gasteiger partial charge in [-0.3, -0.25) is 4.70 Å². The Morgan fingerprint density at radius 1 is 0.900 bits per heavy atom. The fraction of sp³-hybridized carbons (Fsp3) is 0. The Bertz CT molecular complexity index is 237. The molecule has 0 amide bonds. The van der Waals surface area contributed by atoms with Crippen LogP contribution < -0.4 is 0 Å². The molecule has 0 rings (SSSR count). The van der Waals surface area contributed by atoms with E-state index in [2.05, 4.69) is 2.84 Å². The number of hydrogen-bond donors (Lipinski definition) is 2. The molecule has 0 bridgehead atoms. The van der Waals surface area contributed by atoms with Crippen LogP contribution in [-0.4, -0.2) is 8.32 Å². The first-order chi connectivity index (χ1) is 3.71. The molecule has 0 spiro atoms. The van der Waals surface area contributed by atoms with Crippen molar-refractivity contribution in [2.24, 2.45) is 0 Å². The van der Waals surface area contributed by atoms with Gasteiger partial charge in [0.1, 0.15) is 0 Å². The van der Waals surface area contributed by atoms with E-state index in [-0.39, 0.29) is 4.70 Å². The van der Waals surface area contributed by atoms with E-state index in [1.807, 2.05) is 0 Å². The van der Waals surface area contributed by atoms with Crippen LogP contribution in [0.4, 0.5) is 4.70 Å². The molecule has 0 aliphatic rings. The van der Waals surface area contributed by atoms with Crippen LogP contribution in [0.15, 0.2) is 0 Å². The van der Waals surface area contributed by atoms with Crippen molar-refractivity contribution in [2.45, 2.75) is 0 Å². The number of halogens is 1. The predicted octanol–water partition coefficient (Wildman–Crippen LogP) is -1.51. The van der Waals surface area contributed by atoms with E-state index >= 15 is 0 Å². The summed E-state index contributed by atoms with van der Waals surface area (Å²) in [6.07, 6.45) is 0. The summed E-state index contributed by atoms with van der Waals surface area (Å²) in [6.45, 7) is 0. The molecule has 0 aliphatic heterocycles. The van der Waals surface area contributed by atoms with E-state index in [1.165, 1.54) is 0 Å². The molecule has 0 aliphatic carbocycles. The van der Waals surface area contributed by atoms with Crippen LogP contribution in [0.25, 0.3) is 0 Å². The van der Waals surface area contributed by atoms with Crippen molar-refractivity contribution in [1.29, 1.82) is 0 Å². The third-order valence-corrected chi connectivity index (χ3v) is 2.92. The second kappa shape index (κ2) is 3.46. The van der Waals surface area contributed by atoms with E-state index in [0.717, 1.165) is 0 Å². The monoisotopic (exact) mass is 238 g/mol. The van der Waals surface area contributed by atoms with Crippen LogP contribution in [0.2, 0.25) is 0 Å². The predicted molar refractivity (Wildman–Crippen MR) is 10.8 cm³/mol. The van der Waals surface area contributed by atoms with Crippen molar-refractivity contribution in [2.75, 3.05) is 0 Å². The van der Waals surface area contributed by atoms with Gasteiger partial charge in [-0.25, -0.2) is 0 Å². The summed E-state index contributed by atoms with van der Waals surface area (Å²) in [5, 5.41) is 0. The van der Waals surface area contributed by atoms with E-state index in [4.69, 9.17) is 8.32 Å². The first-order valence-electron chi connectivity index (χ1n) is 1.37. The van der Waals surface area contributed by atoms with Gasteiger partial charge in [0.15, 0.2) is 0 Å². The summed E-state index contributed by atoms with van der Waals surface area (Å²) >= 11 is -11.5. The van der Waals surface area contributed by atoms with Gasteiger partial charge in [0.2, 0.25) is 0 Å². The molecule has 0 saturated carbocycles. The Morgan fingerprint density at radius 2 is 1.10 bits per heavy atom. The van der Waals surface area contributed by atoms with Gasteiger partial charge in [-0.2, -0.15) is 0 Å². The molecule has 10 heteroatoms. The molecule has 0 fully saturated rings. The first kappa shape index (κ1) is 12.7. The van der Waals surface area contributed by atoms with Crippen LogP contribution in [-0.2, 0) is 45.3 Å². The maximum atomic E-state index is 9.53. The fourth-order valence-corrected chi connectivity index (χ4v) is 1.85. The molecule has 0 unspecified atom stereocenters. The molecular formula is H3Cr2FO7. The maximum absolute atomic E-state index is 9.53. The van der Waals surface area contributed by atoms with Crippen molar-refractivity contribution in [3.05, 3.63) is 0 Å². The molecule has 0 heterocycles. The average Bonchev–Trinajstić information content (AvgIpc) is 1.14. The summed E-state index contributed by atoms with van der Waals surface area (Å²) < 4.78 is 56.3. The minimum atomic E-state index is -5.76. The van der Waals surface area contributed by atoms with E-state index in [0.29, 0.717) is 0 Å². The molecule has 0 saturated heterocycles. The second-order valence-corrected chi connectivity index (χ2v) is 4.68. The van der Waals surface area contributed by atoms with Crippen molar-refractivity contribution < 1.29 is 58.3 Å². The van der Waals surface area contributed by atoms with Gasteiger partial charge in [0.05, 0.1) is 0 Å². The summed E-state index contributed by atoms with van der Waals surface area (Å²) in [4.78, 5) is 0. The van der Waals surface area contributed by atoms with Crippen molar-refractivity contribution in [1.82, 2.24) is 0 Å². The molecule has 0 atom stereocenters. The molecule has 10 heavy (non-hydrogen) atoms. The van der Waals surface area contributed by atoms with Crippen molar-refractivity contribution >= 4 is 0 Å². The van der Waals surface area contributed by atoms with Gasteiger partial charge < -0.3 is 0 Å². The summed E-state index contributed by atoms with van der Waals surface area (Å²) in [7, 11) is 0. The molecule has 0 aromatic rings. The zero-order valence-corrected chi connectivity index (χ0v) is 6.71. The molecule has 7 nitrogen and oxygen atoms in total. The van der Waals surface area contributed by atoms with Gasteiger partial charge in [-0.15, -0.1) is 0 Å². The van der Waals surface area contributed by atoms with E-state index in [1.54, 1.807) is 0 Å². The van der Waals surface area contributed by atoms with E-state index < -0.39 is 27.2 Å². The van der Waals surface area contributed by atoms with Crippen LogP contribution in [0.3, 0.4) is 0 Å². The van der Waals surface area contributed by atoms with Crippen LogP contribution in [0, 0.1) is 0 Å².